The Hall–Kier alpha value is -2.85. The molecule has 98 valence electrons. The predicted molar refractivity (Wildman–Crippen MR) is 74.4 cm³/mol. The third kappa shape index (κ3) is 2.93. The SMILES string of the molecule is CN(Cc1cccc(C#N)c1)c1ccc(C#N)cc1F. The van der Waals surface area contributed by atoms with Crippen molar-refractivity contribution in [3.05, 3.63) is 65.0 Å². The van der Waals surface area contributed by atoms with E-state index in [0.29, 0.717) is 23.4 Å². The largest absolute Gasteiger partial charge is 0.368 e. The summed E-state index contributed by atoms with van der Waals surface area (Å²) in [6.45, 7) is 0.484. The maximum atomic E-state index is 13.9. The Bertz CT molecular complexity index is 710. The van der Waals surface area contributed by atoms with Crippen molar-refractivity contribution < 1.29 is 4.39 Å². The monoisotopic (exact) mass is 265 g/mol. The van der Waals surface area contributed by atoms with Gasteiger partial charge in [-0.05, 0) is 35.9 Å². The van der Waals surface area contributed by atoms with E-state index in [-0.39, 0.29) is 0 Å². The molecule has 0 bridgehead atoms. The highest BCUT2D eigenvalue weighted by molar-refractivity contribution is 5.51. The topological polar surface area (TPSA) is 50.8 Å². The first kappa shape index (κ1) is 13.6. The fourth-order valence-corrected chi connectivity index (χ4v) is 1.98. The second-order valence-electron chi connectivity index (χ2n) is 4.45. The number of halogens is 1. The van der Waals surface area contributed by atoms with E-state index < -0.39 is 5.82 Å². The summed E-state index contributed by atoms with van der Waals surface area (Å²) in [7, 11) is 1.77. The van der Waals surface area contributed by atoms with Gasteiger partial charge in [0.2, 0.25) is 0 Å². The van der Waals surface area contributed by atoms with Crippen molar-refractivity contribution in [3.63, 3.8) is 0 Å². The summed E-state index contributed by atoms with van der Waals surface area (Å²) in [4.78, 5) is 1.74. The molecular formula is C16H12FN3. The zero-order valence-electron chi connectivity index (χ0n) is 11.0. The van der Waals surface area contributed by atoms with Crippen LogP contribution in [0.4, 0.5) is 10.1 Å². The molecular weight excluding hydrogens is 253 g/mol. The van der Waals surface area contributed by atoms with Gasteiger partial charge in [-0.3, -0.25) is 0 Å². The van der Waals surface area contributed by atoms with Crippen molar-refractivity contribution in [2.24, 2.45) is 0 Å². The molecule has 0 unspecified atom stereocenters. The van der Waals surface area contributed by atoms with Crippen LogP contribution in [0.15, 0.2) is 42.5 Å². The first-order chi connectivity index (χ1) is 9.63. The minimum atomic E-state index is -0.428. The molecule has 0 saturated heterocycles. The van der Waals surface area contributed by atoms with Crippen LogP contribution in [0, 0.1) is 28.5 Å². The summed E-state index contributed by atoms with van der Waals surface area (Å²) in [5.74, 6) is -0.428. The zero-order valence-corrected chi connectivity index (χ0v) is 11.0. The number of nitriles is 2. The highest BCUT2D eigenvalue weighted by Crippen LogP contribution is 2.21. The normalized spacial score (nSPS) is 9.60. The Morgan fingerprint density at radius 1 is 1.05 bits per heavy atom. The molecule has 4 heteroatoms. The molecule has 0 aliphatic rings. The number of benzene rings is 2. The second kappa shape index (κ2) is 5.86. The molecule has 0 aliphatic carbocycles. The summed E-state index contributed by atoms with van der Waals surface area (Å²) in [5.41, 5.74) is 2.23. The van der Waals surface area contributed by atoms with Crippen LogP contribution in [-0.4, -0.2) is 7.05 Å². The minimum Gasteiger partial charge on any atom is -0.368 e. The smallest absolute Gasteiger partial charge is 0.147 e. The third-order valence-corrected chi connectivity index (χ3v) is 2.96. The number of anilines is 1. The lowest BCUT2D eigenvalue weighted by molar-refractivity contribution is 0.622. The Kier molecular flexibility index (Phi) is 3.98. The molecule has 0 amide bonds. The Morgan fingerprint density at radius 2 is 1.75 bits per heavy atom. The van der Waals surface area contributed by atoms with Crippen molar-refractivity contribution in [2.75, 3.05) is 11.9 Å². The molecule has 20 heavy (non-hydrogen) atoms. The summed E-state index contributed by atoms with van der Waals surface area (Å²) in [5, 5.41) is 17.6. The summed E-state index contributed by atoms with van der Waals surface area (Å²) < 4.78 is 13.9. The van der Waals surface area contributed by atoms with Gasteiger partial charge in [-0.2, -0.15) is 10.5 Å². The van der Waals surface area contributed by atoms with Gasteiger partial charge in [0.25, 0.3) is 0 Å². The Morgan fingerprint density at radius 3 is 2.40 bits per heavy atom. The van der Waals surface area contributed by atoms with Gasteiger partial charge < -0.3 is 4.90 Å². The summed E-state index contributed by atoms with van der Waals surface area (Å²) in [6.07, 6.45) is 0. The lowest BCUT2D eigenvalue weighted by Crippen LogP contribution is -2.17. The van der Waals surface area contributed by atoms with Crippen LogP contribution in [0.25, 0.3) is 0 Å². The molecule has 0 aromatic heterocycles. The molecule has 2 aromatic carbocycles. The fraction of sp³-hybridized carbons (Fsp3) is 0.125. The predicted octanol–water partition coefficient (Wildman–Crippen LogP) is 3.21. The Labute approximate surface area is 117 Å². The average molecular weight is 265 g/mol. The standard InChI is InChI=1S/C16H12FN3/c1-20(11-14-4-2-3-12(7-14)9-18)16-6-5-13(10-19)8-15(16)17/h2-8H,11H2,1H3. The first-order valence-electron chi connectivity index (χ1n) is 6.04. The van der Waals surface area contributed by atoms with Crippen molar-refractivity contribution in [3.8, 4) is 12.1 Å². The molecule has 0 saturated carbocycles. The molecule has 2 rings (SSSR count). The highest BCUT2D eigenvalue weighted by atomic mass is 19.1. The van der Waals surface area contributed by atoms with Crippen molar-refractivity contribution in [1.82, 2.24) is 0 Å². The molecule has 0 atom stereocenters. The van der Waals surface area contributed by atoms with Crippen LogP contribution in [0.2, 0.25) is 0 Å². The van der Waals surface area contributed by atoms with E-state index in [0.717, 1.165) is 5.56 Å². The van der Waals surface area contributed by atoms with E-state index >= 15 is 0 Å². The van der Waals surface area contributed by atoms with Crippen molar-refractivity contribution in [1.29, 1.82) is 10.5 Å². The molecule has 3 nitrogen and oxygen atoms in total. The van der Waals surface area contributed by atoms with E-state index in [1.54, 1.807) is 42.3 Å². The van der Waals surface area contributed by atoms with Gasteiger partial charge in [0.1, 0.15) is 5.82 Å². The molecule has 2 aromatic rings. The van der Waals surface area contributed by atoms with Crippen molar-refractivity contribution in [2.45, 2.75) is 6.54 Å². The van der Waals surface area contributed by atoms with Gasteiger partial charge >= 0.3 is 0 Å². The van der Waals surface area contributed by atoms with Crippen LogP contribution < -0.4 is 4.90 Å². The van der Waals surface area contributed by atoms with Crippen molar-refractivity contribution >= 4 is 5.69 Å². The average Bonchev–Trinajstić information content (AvgIpc) is 2.47. The molecule has 0 N–H and O–H groups in total. The second-order valence-corrected chi connectivity index (χ2v) is 4.45. The molecule has 0 radical (unpaired) electrons. The van der Waals surface area contributed by atoms with Gasteiger partial charge in [0, 0.05) is 13.6 Å². The zero-order chi connectivity index (χ0) is 14.5. The van der Waals surface area contributed by atoms with E-state index in [1.165, 1.54) is 6.07 Å². The first-order valence-corrected chi connectivity index (χ1v) is 6.04. The molecule has 0 fully saturated rings. The highest BCUT2D eigenvalue weighted by Gasteiger charge is 2.09. The van der Waals surface area contributed by atoms with E-state index in [2.05, 4.69) is 6.07 Å². The molecule has 0 heterocycles. The lowest BCUT2D eigenvalue weighted by Gasteiger charge is -2.20. The van der Waals surface area contributed by atoms with Gasteiger partial charge in [-0.15, -0.1) is 0 Å². The van der Waals surface area contributed by atoms with Gasteiger partial charge in [0.15, 0.2) is 0 Å². The molecule has 0 aliphatic heterocycles. The number of rotatable bonds is 3. The van der Waals surface area contributed by atoms with E-state index in [4.69, 9.17) is 10.5 Å². The van der Waals surface area contributed by atoms with Gasteiger partial charge in [-0.1, -0.05) is 12.1 Å². The lowest BCUT2D eigenvalue weighted by atomic mass is 10.1. The van der Waals surface area contributed by atoms with Crippen LogP contribution in [0.5, 0.6) is 0 Å². The number of nitrogens with zero attached hydrogens (tertiary/aromatic N) is 3. The van der Waals surface area contributed by atoms with Gasteiger partial charge in [0.05, 0.1) is 29.0 Å². The minimum absolute atomic E-state index is 0.297. The van der Waals surface area contributed by atoms with Crippen LogP contribution in [0.1, 0.15) is 16.7 Å². The fourth-order valence-electron chi connectivity index (χ4n) is 1.98. The summed E-state index contributed by atoms with van der Waals surface area (Å²) >= 11 is 0. The molecule has 0 spiro atoms. The van der Waals surface area contributed by atoms with Crippen LogP contribution >= 0.6 is 0 Å². The van der Waals surface area contributed by atoms with Crippen LogP contribution in [0.3, 0.4) is 0 Å². The maximum Gasteiger partial charge on any atom is 0.147 e. The number of hydrogen-bond acceptors (Lipinski definition) is 3. The quantitative estimate of drug-likeness (QED) is 0.856. The van der Waals surface area contributed by atoms with E-state index in [9.17, 15) is 4.39 Å². The summed E-state index contributed by atoms with van der Waals surface area (Å²) in [6, 6.07) is 15.6. The third-order valence-electron chi connectivity index (χ3n) is 2.96. The van der Waals surface area contributed by atoms with Crippen LogP contribution in [-0.2, 0) is 6.54 Å². The van der Waals surface area contributed by atoms with Gasteiger partial charge in [-0.25, -0.2) is 4.39 Å². The number of hydrogen-bond donors (Lipinski definition) is 0. The maximum absolute atomic E-state index is 13.9. The Balaban J connectivity index is 2.22. The van der Waals surface area contributed by atoms with E-state index in [1.807, 2.05) is 12.1 Å².